The van der Waals surface area contributed by atoms with Crippen molar-refractivity contribution in [2.24, 2.45) is 0 Å². The van der Waals surface area contributed by atoms with E-state index in [2.05, 4.69) is 0 Å². The second-order valence-corrected chi connectivity index (χ2v) is 3.15. The Morgan fingerprint density at radius 2 is 2.00 bits per heavy atom. The molecule has 1 rings (SSSR count). The van der Waals surface area contributed by atoms with Crippen molar-refractivity contribution in [3.8, 4) is 0 Å². The first-order valence-electron chi connectivity index (χ1n) is 4.23. The molecule has 14 heavy (non-hydrogen) atoms. The van der Waals surface area contributed by atoms with Crippen molar-refractivity contribution in [2.45, 2.75) is 0 Å². The highest BCUT2D eigenvalue weighted by atomic mass is 19.1. The zero-order valence-electron chi connectivity index (χ0n) is 8.20. The highest BCUT2D eigenvalue weighted by Gasteiger charge is 2.05. The van der Waals surface area contributed by atoms with Crippen LogP contribution in [0.15, 0.2) is 30.5 Å². The zero-order valence-corrected chi connectivity index (χ0v) is 8.20. The summed E-state index contributed by atoms with van der Waals surface area (Å²) in [4.78, 5) is 12.4. The van der Waals surface area contributed by atoms with E-state index in [4.69, 9.17) is 0 Å². The number of hydrogen-bond acceptors (Lipinski definition) is 2. The molecule has 0 heterocycles. The van der Waals surface area contributed by atoms with E-state index >= 15 is 0 Å². The molecular weight excluding hydrogens is 181 g/mol. The van der Waals surface area contributed by atoms with Crippen molar-refractivity contribution >= 4 is 11.9 Å². The average molecular weight is 193 g/mol. The van der Waals surface area contributed by atoms with Gasteiger partial charge in [-0.25, -0.2) is 4.39 Å². The number of allylic oxidation sites excluding steroid dienone is 1. The fourth-order valence-corrected chi connectivity index (χ4v) is 1.14. The third-order valence-electron chi connectivity index (χ3n) is 1.71. The molecule has 0 unspecified atom stereocenters. The fraction of sp³-hybridized carbons (Fsp3) is 0.182. The first kappa shape index (κ1) is 10.4. The smallest absolute Gasteiger partial charge is 0.152 e. The van der Waals surface area contributed by atoms with E-state index in [0.717, 1.165) is 0 Å². The Kier molecular flexibility index (Phi) is 3.40. The molecule has 74 valence electrons. The molecule has 0 aromatic heterocycles. The summed E-state index contributed by atoms with van der Waals surface area (Å²) in [6.07, 6.45) is 2.24. The number of halogens is 1. The SMILES string of the molecule is CN(C)/C=C(\C=O)c1ccccc1F. The molecular formula is C11H12FNO. The van der Waals surface area contributed by atoms with Gasteiger partial charge < -0.3 is 4.90 Å². The van der Waals surface area contributed by atoms with Gasteiger partial charge in [0.05, 0.1) is 0 Å². The fourth-order valence-electron chi connectivity index (χ4n) is 1.14. The molecule has 0 aliphatic rings. The topological polar surface area (TPSA) is 20.3 Å². The summed E-state index contributed by atoms with van der Waals surface area (Å²) in [5.41, 5.74) is 0.671. The number of nitrogens with zero attached hydrogens (tertiary/aromatic N) is 1. The van der Waals surface area contributed by atoms with Crippen molar-refractivity contribution in [2.75, 3.05) is 14.1 Å². The molecule has 0 aliphatic heterocycles. The van der Waals surface area contributed by atoms with E-state index in [9.17, 15) is 9.18 Å². The Labute approximate surface area is 82.7 Å². The van der Waals surface area contributed by atoms with Crippen LogP contribution in [-0.4, -0.2) is 25.3 Å². The lowest BCUT2D eigenvalue weighted by Gasteiger charge is -2.07. The van der Waals surface area contributed by atoms with Gasteiger partial charge in [0, 0.05) is 31.4 Å². The molecule has 0 spiro atoms. The Morgan fingerprint density at radius 1 is 1.36 bits per heavy atom. The highest BCUT2D eigenvalue weighted by Crippen LogP contribution is 2.15. The number of carbonyl (C=O) groups excluding carboxylic acids is 1. The van der Waals surface area contributed by atoms with Gasteiger partial charge in [-0.2, -0.15) is 0 Å². The molecule has 1 aromatic carbocycles. The molecule has 0 N–H and O–H groups in total. The van der Waals surface area contributed by atoms with Gasteiger partial charge in [-0.15, -0.1) is 0 Å². The van der Waals surface area contributed by atoms with E-state index in [0.29, 0.717) is 17.4 Å². The number of carbonyl (C=O) groups is 1. The lowest BCUT2D eigenvalue weighted by atomic mass is 10.1. The van der Waals surface area contributed by atoms with Gasteiger partial charge in [0.15, 0.2) is 6.29 Å². The molecule has 0 bridgehead atoms. The minimum atomic E-state index is -0.382. The molecule has 0 radical (unpaired) electrons. The minimum absolute atomic E-state index is 0.330. The van der Waals surface area contributed by atoms with E-state index in [1.165, 1.54) is 6.07 Å². The molecule has 0 fully saturated rings. The summed E-state index contributed by atoms with van der Waals surface area (Å²) in [6.45, 7) is 0. The maximum atomic E-state index is 13.3. The molecule has 0 saturated heterocycles. The largest absolute Gasteiger partial charge is 0.383 e. The lowest BCUT2D eigenvalue weighted by molar-refractivity contribution is -0.103. The minimum Gasteiger partial charge on any atom is -0.383 e. The van der Waals surface area contributed by atoms with Gasteiger partial charge in [0.25, 0.3) is 0 Å². The van der Waals surface area contributed by atoms with Gasteiger partial charge >= 0.3 is 0 Å². The predicted octanol–water partition coefficient (Wildman–Crippen LogP) is 1.93. The van der Waals surface area contributed by atoms with Crippen molar-refractivity contribution in [1.82, 2.24) is 4.90 Å². The van der Waals surface area contributed by atoms with Crippen LogP contribution in [0.4, 0.5) is 4.39 Å². The number of aldehydes is 1. The van der Waals surface area contributed by atoms with Crippen molar-refractivity contribution in [3.63, 3.8) is 0 Å². The van der Waals surface area contributed by atoms with Gasteiger partial charge in [-0.3, -0.25) is 4.79 Å². The summed E-state index contributed by atoms with van der Waals surface area (Å²) in [5.74, 6) is -0.382. The molecule has 1 aromatic rings. The predicted molar refractivity (Wildman–Crippen MR) is 54.1 cm³/mol. The van der Waals surface area contributed by atoms with Gasteiger partial charge in [0.2, 0.25) is 0 Å². The molecule has 2 nitrogen and oxygen atoms in total. The Balaban J connectivity index is 3.13. The lowest BCUT2D eigenvalue weighted by Crippen LogP contribution is -2.04. The van der Waals surface area contributed by atoms with E-state index < -0.39 is 0 Å². The number of benzene rings is 1. The zero-order chi connectivity index (χ0) is 10.6. The third kappa shape index (κ3) is 2.42. The maximum Gasteiger partial charge on any atom is 0.152 e. The summed E-state index contributed by atoms with van der Waals surface area (Å²) in [6, 6.07) is 6.21. The molecule has 0 aliphatic carbocycles. The maximum absolute atomic E-state index is 13.3. The Bertz CT molecular complexity index is 358. The van der Waals surface area contributed by atoms with E-state index in [1.807, 2.05) is 0 Å². The second kappa shape index (κ2) is 4.56. The van der Waals surface area contributed by atoms with Crippen molar-refractivity contribution in [1.29, 1.82) is 0 Å². The van der Waals surface area contributed by atoms with Crippen LogP contribution in [0.3, 0.4) is 0 Å². The van der Waals surface area contributed by atoms with Crippen LogP contribution in [0.25, 0.3) is 5.57 Å². The van der Waals surface area contributed by atoms with Gasteiger partial charge in [-0.05, 0) is 6.07 Å². The summed E-state index contributed by atoms with van der Waals surface area (Å²) < 4.78 is 13.3. The van der Waals surface area contributed by atoms with Crippen LogP contribution in [-0.2, 0) is 4.79 Å². The van der Waals surface area contributed by atoms with Crippen molar-refractivity contribution < 1.29 is 9.18 Å². The van der Waals surface area contributed by atoms with Crippen molar-refractivity contribution in [3.05, 3.63) is 41.8 Å². The van der Waals surface area contributed by atoms with E-state index in [-0.39, 0.29) is 5.82 Å². The van der Waals surface area contributed by atoms with Gasteiger partial charge in [0.1, 0.15) is 5.82 Å². The monoisotopic (exact) mass is 193 g/mol. The van der Waals surface area contributed by atoms with Crippen LogP contribution < -0.4 is 0 Å². The molecule has 0 saturated carbocycles. The Hall–Kier alpha value is -1.64. The van der Waals surface area contributed by atoms with Crippen LogP contribution in [0.5, 0.6) is 0 Å². The normalized spacial score (nSPS) is 11.2. The number of rotatable bonds is 3. The highest BCUT2D eigenvalue weighted by molar-refractivity contribution is 6.06. The second-order valence-electron chi connectivity index (χ2n) is 3.15. The Morgan fingerprint density at radius 3 is 2.50 bits per heavy atom. The first-order valence-corrected chi connectivity index (χ1v) is 4.23. The average Bonchev–Trinajstić information content (AvgIpc) is 2.15. The van der Waals surface area contributed by atoms with Gasteiger partial charge in [-0.1, -0.05) is 18.2 Å². The third-order valence-corrected chi connectivity index (χ3v) is 1.71. The van der Waals surface area contributed by atoms with Crippen LogP contribution in [0, 0.1) is 5.82 Å². The van der Waals surface area contributed by atoms with Crippen LogP contribution in [0.1, 0.15) is 5.56 Å². The first-order chi connectivity index (χ1) is 6.65. The molecule has 0 amide bonds. The molecule has 0 atom stereocenters. The van der Waals surface area contributed by atoms with E-state index in [1.54, 1.807) is 43.4 Å². The van der Waals surface area contributed by atoms with Crippen LogP contribution in [0.2, 0.25) is 0 Å². The summed E-state index contributed by atoms with van der Waals surface area (Å²) in [7, 11) is 3.56. The summed E-state index contributed by atoms with van der Waals surface area (Å²) >= 11 is 0. The number of hydrogen-bond donors (Lipinski definition) is 0. The molecule has 3 heteroatoms. The van der Waals surface area contributed by atoms with Crippen LogP contribution >= 0.6 is 0 Å². The quantitative estimate of drug-likeness (QED) is 0.540. The summed E-state index contributed by atoms with van der Waals surface area (Å²) in [5, 5.41) is 0. The standard InChI is InChI=1S/C11H12FNO/c1-13(2)7-9(8-14)10-5-3-4-6-11(10)12/h3-8H,1-2H3/b9-7+.